The molecule has 0 bridgehead atoms. The largest absolute Gasteiger partial charge is 0.384 e. The summed E-state index contributed by atoms with van der Waals surface area (Å²) in [4.78, 5) is 7.61. The van der Waals surface area contributed by atoms with Crippen LogP contribution in [-0.4, -0.2) is 23.5 Å². The lowest BCUT2D eigenvalue weighted by Crippen LogP contribution is -2.23. The number of hydrogen-bond acceptors (Lipinski definition) is 7. The summed E-state index contributed by atoms with van der Waals surface area (Å²) in [6.07, 6.45) is 1.18. The number of pyridine rings is 1. The highest BCUT2D eigenvalue weighted by atomic mass is 32.2. The van der Waals surface area contributed by atoms with E-state index in [9.17, 15) is 8.42 Å². The van der Waals surface area contributed by atoms with Gasteiger partial charge in [0.15, 0.2) is 5.82 Å². The Labute approximate surface area is 103 Å². The van der Waals surface area contributed by atoms with Crippen LogP contribution in [0.4, 0.5) is 5.82 Å². The van der Waals surface area contributed by atoms with Crippen LogP contribution in [0.3, 0.4) is 0 Å². The van der Waals surface area contributed by atoms with Crippen LogP contribution < -0.4 is 10.5 Å². The summed E-state index contributed by atoms with van der Waals surface area (Å²) in [5.41, 5.74) is 5.38. The third kappa shape index (κ3) is 2.81. The lowest BCUT2D eigenvalue weighted by Gasteiger charge is -2.03. The van der Waals surface area contributed by atoms with Crippen molar-refractivity contribution >= 4 is 15.8 Å². The van der Waals surface area contributed by atoms with Gasteiger partial charge in [-0.2, -0.15) is 4.98 Å². The molecule has 0 aromatic carbocycles. The summed E-state index contributed by atoms with van der Waals surface area (Å²) < 4.78 is 30.8. The minimum Gasteiger partial charge on any atom is -0.384 e. The second-order valence-corrected chi connectivity index (χ2v) is 5.25. The van der Waals surface area contributed by atoms with Gasteiger partial charge in [-0.15, -0.1) is 0 Å². The molecule has 18 heavy (non-hydrogen) atoms. The number of hydrogen-bond donors (Lipinski definition) is 2. The molecule has 3 N–H and O–H groups in total. The zero-order valence-electron chi connectivity index (χ0n) is 9.49. The van der Waals surface area contributed by atoms with Crippen LogP contribution in [0.2, 0.25) is 0 Å². The first kappa shape index (κ1) is 12.5. The van der Waals surface area contributed by atoms with E-state index in [1.165, 1.54) is 18.3 Å². The van der Waals surface area contributed by atoms with Gasteiger partial charge in [0.2, 0.25) is 15.9 Å². The SMILES string of the molecule is Cc1noc(CNS(=O)(=O)c2ccc(N)nc2)n1. The fraction of sp³-hybridized carbons (Fsp3) is 0.222. The predicted molar refractivity (Wildman–Crippen MR) is 61.7 cm³/mol. The highest BCUT2D eigenvalue weighted by Gasteiger charge is 2.15. The van der Waals surface area contributed by atoms with Crippen LogP contribution in [0.1, 0.15) is 11.7 Å². The Morgan fingerprint density at radius 3 is 2.78 bits per heavy atom. The van der Waals surface area contributed by atoms with Crippen LogP contribution in [-0.2, 0) is 16.6 Å². The Morgan fingerprint density at radius 1 is 1.44 bits per heavy atom. The molecule has 0 aliphatic carbocycles. The summed E-state index contributed by atoms with van der Waals surface area (Å²) in [5, 5.41) is 3.55. The van der Waals surface area contributed by atoms with Gasteiger partial charge in [-0.05, 0) is 19.1 Å². The number of aromatic nitrogens is 3. The number of nitrogens with zero attached hydrogens (tertiary/aromatic N) is 3. The Hall–Kier alpha value is -2.00. The molecular formula is C9H11N5O3S. The monoisotopic (exact) mass is 269 g/mol. The molecule has 0 atom stereocenters. The Kier molecular flexibility index (Phi) is 3.26. The zero-order valence-corrected chi connectivity index (χ0v) is 10.3. The summed E-state index contributed by atoms with van der Waals surface area (Å²) in [5.74, 6) is 0.888. The average molecular weight is 269 g/mol. The molecule has 0 fully saturated rings. The van der Waals surface area contributed by atoms with Gasteiger partial charge in [0.05, 0.1) is 6.54 Å². The average Bonchev–Trinajstić information content (AvgIpc) is 2.73. The van der Waals surface area contributed by atoms with Crippen molar-refractivity contribution in [2.24, 2.45) is 0 Å². The van der Waals surface area contributed by atoms with E-state index in [0.29, 0.717) is 5.82 Å². The van der Waals surface area contributed by atoms with Crippen LogP contribution in [0.5, 0.6) is 0 Å². The number of nitrogens with one attached hydrogen (secondary N) is 1. The first-order valence-electron chi connectivity index (χ1n) is 4.98. The summed E-state index contributed by atoms with van der Waals surface area (Å²) in [6, 6.07) is 2.77. The van der Waals surface area contributed by atoms with Gasteiger partial charge in [-0.25, -0.2) is 18.1 Å². The molecule has 0 saturated heterocycles. The molecule has 0 aliphatic heterocycles. The van der Waals surface area contributed by atoms with Gasteiger partial charge in [-0.1, -0.05) is 5.16 Å². The minimum atomic E-state index is -3.66. The highest BCUT2D eigenvalue weighted by molar-refractivity contribution is 7.89. The van der Waals surface area contributed by atoms with Crippen molar-refractivity contribution in [1.29, 1.82) is 0 Å². The Bertz CT molecular complexity index is 634. The number of nitrogen functional groups attached to an aromatic ring is 1. The third-order valence-corrected chi connectivity index (χ3v) is 3.44. The molecule has 96 valence electrons. The van der Waals surface area contributed by atoms with Gasteiger partial charge in [-0.3, -0.25) is 0 Å². The number of anilines is 1. The normalized spacial score (nSPS) is 11.6. The number of sulfonamides is 1. The van der Waals surface area contributed by atoms with E-state index in [2.05, 4.69) is 19.8 Å². The van der Waals surface area contributed by atoms with Crippen molar-refractivity contribution in [2.45, 2.75) is 18.4 Å². The summed E-state index contributed by atoms with van der Waals surface area (Å²) in [7, 11) is -3.66. The lowest BCUT2D eigenvalue weighted by molar-refractivity contribution is 0.372. The molecule has 0 saturated carbocycles. The van der Waals surface area contributed by atoms with Gasteiger partial charge in [0, 0.05) is 6.20 Å². The molecule has 0 spiro atoms. The molecule has 0 aliphatic rings. The van der Waals surface area contributed by atoms with E-state index >= 15 is 0 Å². The van der Waals surface area contributed by atoms with E-state index in [1.807, 2.05) is 0 Å². The van der Waals surface area contributed by atoms with E-state index in [0.717, 1.165) is 0 Å². The van der Waals surface area contributed by atoms with Gasteiger partial charge >= 0.3 is 0 Å². The smallest absolute Gasteiger partial charge is 0.242 e. The van der Waals surface area contributed by atoms with Gasteiger partial charge in [0.25, 0.3) is 0 Å². The number of aryl methyl sites for hydroxylation is 1. The van der Waals surface area contributed by atoms with Crippen molar-refractivity contribution < 1.29 is 12.9 Å². The third-order valence-electron chi connectivity index (χ3n) is 2.05. The van der Waals surface area contributed by atoms with Crippen molar-refractivity contribution in [1.82, 2.24) is 19.8 Å². The Morgan fingerprint density at radius 2 is 2.22 bits per heavy atom. The number of rotatable bonds is 4. The predicted octanol–water partition coefficient (Wildman–Crippen LogP) is -0.166. The maximum absolute atomic E-state index is 11.8. The second-order valence-electron chi connectivity index (χ2n) is 3.48. The van der Waals surface area contributed by atoms with E-state index in [1.54, 1.807) is 6.92 Å². The maximum Gasteiger partial charge on any atom is 0.242 e. The van der Waals surface area contributed by atoms with Gasteiger partial charge < -0.3 is 10.3 Å². The first-order chi connectivity index (χ1) is 8.47. The summed E-state index contributed by atoms with van der Waals surface area (Å²) >= 11 is 0. The van der Waals surface area contributed by atoms with E-state index in [4.69, 9.17) is 10.3 Å². The number of nitrogens with two attached hydrogens (primary N) is 1. The van der Waals surface area contributed by atoms with Crippen molar-refractivity contribution in [2.75, 3.05) is 5.73 Å². The maximum atomic E-state index is 11.8. The van der Waals surface area contributed by atoms with Gasteiger partial charge in [0.1, 0.15) is 10.7 Å². The molecule has 2 aromatic rings. The van der Waals surface area contributed by atoms with Crippen molar-refractivity contribution in [3.05, 3.63) is 30.0 Å². The highest BCUT2D eigenvalue weighted by Crippen LogP contribution is 2.09. The second kappa shape index (κ2) is 4.70. The van der Waals surface area contributed by atoms with E-state index < -0.39 is 10.0 Å². The van der Waals surface area contributed by atoms with Crippen molar-refractivity contribution in [3.8, 4) is 0 Å². The fourth-order valence-electron chi connectivity index (χ4n) is 1.20. The molecular weight excluding hydrogens is 258 g/mol. The molecule has 0 radical (unpaired) electrons. The quantitative estimate of drug-likeness (QED) is 0.789. The lowest BCUT2D eigenvalue weighted by atomic mass is 10.5. The van der Waals surface area contributed by atoms with E-state index in [-0.39, 0.29) is 23.1 Å². The van der Waals surface area contributed by atoms with Crippen LogP contribution in [0.25, 0.3) is 0 Å². The zero-order chi connectivity index (χ0) is 13.2. The summed E-state index contributed by atoms with van der Waals surface area (Å²) in [6.45, 7) is 1.57. The van der Waals surface area contributed by atoms with Crippen LogP contribution >= 0.6 is 0 Å². The topological polar surface area (TPSA) is 124 Å². The van der Waals surface area contributed by atoms with Crippen LogP contribution in [0.15, 0.2) is 27.7 Å². The standard InChI is InChI=1S/C9H11N5O3S/c1-6-13-9(17-14-6)5-12-18(15,16)7-2-3-8(10)11-4-7/h2-4,12H,5H2,1H3,(H2,10,11). The minimum absolute atomic E-state index is 0.0212. The molecule has 0 unspecified atom stereocenters. The molecule has 8 nitrogen and oxygen atoms in total. The molecule has 2 aromatic heterocycles. The first-order valence-corrected chi connectivity index (χ1v) is 6.46. The molecule has 2 heterocycles. The molecule has 2 rings (SSSR count). The van der Waals surface area contributed by atoms with Crippen molar-refractivity contribution in [3.63, 3.8) is 0 Å². The fourth-order valence-corrected chi connectivity index (χ4v) is 2.12. The molecule has 9 heteroatoms. The Balaban J connectivity index is 2.10. The van der Waals surface area contributed by atoms with Crippen LogP contribution in [0, 0.1) is 6.92 Å². The molecule has 0 amide bonds.